The number of carbonyl (C=O) groups is 1. The minimum Gasteiger partial charge on any atom is -0.487 e. The van der Waals surface area contributed by atoms with Gasteiger partial charge in [0.25, 0.3) is 0 Å². The van der Waals surface area contributed by atoms with Gasteiger partial charge in [-0.2, -0.15) is 9.57 Å². The van der Waals surface area contributed by atoms with E-state index in [0.29, 0.717) is 17.7 Å². The van der Waals surface area contributed by atoms with Crippen molar-refractivity contribution in [2.45, 2.75) is 43.7 Å². The van der Waals surface area contributed by atoms with E-state index in [-0.39, 0.29) is 41.5 Å². The van der Waals surface area contributed by atoms with Gasteiger partial charge < -0.3 is 14.7 Å². The fraction of sp³-hybridized carbons (Fsp3) is 0.462. The Morgan fingerprint density at radius 1 is 1.26 bits per heavy atom. The molecule has 0 bridgehead atoms. The van der Waals surface area contributed by atoms with Crippen LogP contribution in [0.4, 0.5) is 0 Å². The van der Waals surface area contributed by atoms with Crippen LogP contribution in [0, 0.1) is 23.2 Å². The molecule has 1 saturated carbocycles. The van der Waals surface area contributed by atoms with Crippen LogP contribution in [0.1, 0.15) is 32.3 Å². The van der Waals surface area contributed by atoms with Crippen LogP contribution in [-0.4, -0.2) is 67.5 Å². The zero-order valence-electron chi connectivity index (χ0n) is 20.2. The maximum absolute atomic E-state index is 13.6. The van der Waals surface area contributed by atoms with E-state index in [1.54, 1.807) is 49.2 Å². The van der Waals surface area contributed by atoms with Crippen LogP contribution < -0.4 is 4.74 Å². The third kappa shape index (κ3) is 5.20. The first-order valence-electron chi connectivity index (χ1n) is 11.8. The van der Waals surface area contributed by atoms with Gasteiger partial charge in [0.15, 0.2) is 0 Å². The van der Waals surface area contributed by atoms with Gasteiger partial charge in [-0.25, -0.2) is 8.42 Å². The number of ether oxygens (including phenoxy) is 1. The minimum absolute atomic E-state index is 0.0195. The molecule has 1 aliphatic heterocycles. The maximum Gasteiger partial charge on any atom is 0.247 e. The second-order valence-electron chi connectivity index (χ2n) is 9.59. The molecule has 2 aromatic carbocycles. The van der Waals surface area contributed by atoms with Gasteiger partial charge in [0.2, 0.25) is 15.9 Å². The lowest BCUT2D eigenvalue weighted by molar-refractivity contribution is -0.132. The maximum atomic E-state index is 13.6. The van der Waals surface area contributed by atoms with Gasteiger partial charge in [-0.15, -0.1) is 0 Å². The second kappa shape index (κ2) is 9.97. The molecule has 1 aliphatic carbocycles. The zero-order chi connectivity index (χ0) is 25.3. The van der Waals surface area contributed by atoms with E-state index in [1.165, 1.54) is 10.4 Å². The molecule has 1 N–H and O–H groups in total. The Kier molecular flexibility index (Phi) is 7.17. The summed E-state index contributed by atoms with van der Waals surface area (Å²) in [5.41, 5.74) is 1.98. The van der Waals surface area contributed by atoms with Crippen molar-refractivity contribution in [2.75, 3.05) is 26.7 Å². The quantitative estimate of drug-likeness (QED) is 0.657. The fourth-order valence-corrected chi connectivity index (χ4v) is 6.22. The van der Waals surface area contributed by atoms with Crippen LogP contribution >= 0.6 is 0 Å². The Labute approximate surface area is 206 Å². The van der Waals surface area contributed by atoms with Crippen LogP contribution in [0.2, 0.25) is 0 Å². The average Bonchev–Trinajstić information content (AvgIpc) is 3.70. The molecule has 2 aromatic rings. The number of fused-ring (bicyclic) bond motifs is 1. The van der Waals surface area contributed by atoms with Gasteiger partial charge in [-0.3, -0.25) is 4.79 Å². The molecular formula is C26H31N3O5S. The number of nitrogens with zero attached hydrogens (tertiary/aromatic N) is 3. The van der Waals surface area contributed by atoms with E-state index < -0.39 is 22.2 Å². The predicted octanol–water partition coefficient (Wildman–Crippen LogP) is 2.86. The number of rotatable bonds is 6. The van der Waals surface area contributed by atoms with E-state index in [1.807, 2.05) is 13.0 Å². The van der Waals surface area contributed by atoms with E-state index in [4.69, 9.17) is 4.74 Å². The van der Waals surface area contributed by atoms with Crippen LogP contribution in [-0.2, 0) is 14.8 Å². The van der Waals surface area contributed by atoms with Crippen molar-refractivity contribution in [1.29, 1.82) is 5.26 Å². The summed E-state index contributed by atoms with van der Waals surface area (Å²) in [6.07, 6.45) is 1.35. The van der Waals surface area contributed by atoms with Crippen LogP contribution in [0.5, 0.6) is 5.75 Å². The summed E-state index contributed by atoms with van der Waals surface area (Å²) in [4.78, 5) is 14.3. The molecule has 4 rings (SSSR count). The number of amides is 1. The van der Waals surface area contributed by atoms with Crippen molar-refractivity contribution in [3.8, 4) is 22.9 Å². The molecule has 8 nitrogen and oxygen atoms in total. The Bertz CT molecular complexity index is 1250. The first-order valence-corrected chi connectivity index (χ1v) is 13.3. The van der Waals surface area contributed by atoms with Gasteiger partial charge in [0.1, 0.15) is 16.7 Å². The highest BCUT2D eigenvalue weighted by Crippen LogP contribution is 2.37. The van der Waals surface area contributed by atoms with Crippen molar-refractivity contribution in [2.24, 2.45) is 11.8 Å². The van der Waals surface area contributed by atoms with Crippen molar-refractivity contribution in [1.82, 2.24) is 9.21 Å². The third-order valence-electron chi connectivity index (χ3n) is 6.75. The third-order valence-corrected chi connectivity index (χ3v) is 8.77. The summed E-state index contributed by atoms with van der Waals surface area (Å²) in [5, 5.41) is 19.1. The molecule has 186 valence electrons. The van der Waals surface area contributed by atoms with Gasteiger partial charge in [0.05, 0.1) is 24.8 Å². The summed E-state index contributed by atoms with van der Waals surface area (Å²) in [6.45, 7) is 3.74. The van der Waals surface area contributed by atoms with Gasteiger partial charge in [-0.05, 0) is 55.2 Å². The lowest BCUT2D eigenvalue weighted by atomic mass is 10.0. The second-order valence-corrected chi connectivity index (χ2v) is 11.4. The van der Waals surface area contributed by atoms with Crippen LogP contribution in [0.15, 0.2) is 47.4 Å². The highest BCUT2D eigenvalue weighted by atomic mass is 32.2. The SMILES string of the molecule is C[C@H]1CN([C@@H](C)CO)S(=O)(=O)c2ccc(-c3cccc(C#N)c3)cc2O[C@@H]1CN(C)C(=O)C1CC1. The number of likely N-dealkylation sites (N-methyl/N-ethyl adjacent to an activating group) is 1. The topological polar surface area (TPSA) is 111 Å². The fourth-order valence-electron chi connectivity index (χ4n) is 4.39. The van der Waals surface area contributed by atoms with Crippen molar-refractivity contribution >= 4 is 15.9 Å². The van der Waals surface area contributed by atoms with E-state index in [9.17, 15) is 23.6 Å². The molecule has 0 spiro atoms. The molecule has 0 radical (unpaired) electrons. The summed E-state index contributed by atoms with van der Waals surface area (Å²) < 4.78 is 34.9. The molecule has 1 fully saturated rings. The summed E-state index contributed by atoms with van der Waals surface area (Å²) >= 11 is 0. The molecule has 0 saturated heterocycles. The highest BCUT2D eigenvalue weighted by Gasteiger charge is 2.39. The molecule has 0 unspecified atom stereocenters. The van der Waals surface area contributed by atoms with Gasteiger partial charge >= 0.3 is 0 Å². The number of aliphatic hydroxyl groups is 1. The van der Waals surface area contributed by atoms with Crippen LogP contribution in [0.3, 0.4) is 0 Å². The Morgan fingerprint density at radius 3 is 2.63 bits per heavy atom. The number of sulfonamides is 1. The smallest absolute Gasteiger partial charge is 0.247 e. The number of hydrogen-bond acceptors (Lipinski definition) is 6. The Hall–Kier alpha value is -2.93. The van der Waals surface area contributed by atoms with E-state index >= 15 is 0 Å². The monoisotopic (exact) mass is 497 g/mol. The van der Waals surface area contributed by atoms with Crippen molar-refractivity contribution < 1.29 is 23.1 Å². The predicted molar refractivity (Wildman–Crippen MR) is 131 cm³/mol. The van der Waals surface area contributed by atoms with Crippen molar-refractivity contribution in [3.63, 3.8) is 0 Å². The van der Waals surface area contributed by atoms with E-state index in [2.05, 4.69) is 6.07 Å². The molecule has 0 aromatic heterocycles. The lowest BCUT2D eigenvalue weighted by Crippen LogP contribution is -2.50. The number of hydrogen-bond donors (Lipinski definition) is 1. The summed E-state index contributed by atoms with van der Waals surface area (Å²) in [7, 11) is -2.20. The normalized spacial score (nSPS) is 22.6. The summed E-state index contributed by atoms with van der Waals surface area (Å²) in [6, 6.07) is 13.5. The van der Waals surface area contributed by atoms with Crippen LogP contribution in [0.25, 0.3) is 11.1 Å². The molecular weight excluding hydrogens is 466 g/mol. The largest absolute Gasteiger partial charge is 0.487 e. The Balaban J connectivity index is 1.78. The summed E-state index contributed by atoms with van der Waals surface area (Å²) in [5.74, 6) is 0.107. The number of nitriles is 1. The Morgan fingerprint density at radius 2 is 1.97 bits per heavy atom. The minimum atomic E-state index is -3.95. The number of carbonyl (C=O) groups excluding carboxylic acids is 1. The van der Waals surface area contributed by atoms with Gasteiger partial charge in [-0.1, -0.05) is 25.1 Å². The van der Waals surface area contributed by atoms with Gasteiger partial charge in [0, 0.05) is 31.5 Å². The van der Waals surface area contributed by atoms with Crippen molar-refractivity contribution in [3.05, 3.63) is 48.0 Å². The number of aliphatic hydroxyl groups excluding tert-OH is 1. The van der Waals surface area contributed by atoms with E-state index in [0.717, 1.165) is 18.4 Å². The molecule has 3 atom stereocenters. The lowest BCUT2D eigenvalue weighted by Gasteiger charge is -2.37. The first kappa shape index (κ1) is 25.2. The first-order chi connectivity index (χ1) is 16.6. The molecule has 9 heteroatoms. The average molecular weight is 498 g/mol. The zero-order valence-corrected chi connectivity index (χ0v) is 21.0. The number of benzene rings is 2. The highest BCUT2D eigenvalue weighted by molar-refractivity contribution is 7.89. The molecule has 2 aliphatic rings. The molecule has 1 amide bonds. The molecule has 1 heterocycles. The molecule has 35 heavy (non-hydrogen) atoms. The standard InChI is InChI=1S/C26H31N3O5S/c1-17-14-29(18(2)16-30)35(32,33)25-10-9-22(21-6-4-5-19(11-21)13-27)12-23(25)34-24(17)15-28(3)26(31)20-7-8-20/h4-6,9-12,17-18,20,24,30H,7-8,14-16H2,1-3H3/t17-,18-,24+/m0/s1.